The van der Waals surface area contributed by atoms with Crippen LogP contribution in [0.2, 0.25) is 0 Å². The Morgan fingerprint density at radius 1 is 1.53 bits per heavy atom. The lowest BCUT2D eigenvalue weighted by Gasteiger charge is -2.01. The van der Waals surface area contributed by atoms with E-state index in [2.05, 4.69) is 22.9 Å². The van der Waals surface area contributed by atoms with Crippen molar-refractivity contribution in [3.05, 3.63) is 24.0 Å². The van der Waals surface area contributed by atoms with E-state index < -0.39 is 0 Å². The number of nitrogens with one attached hydrogen (secondary N) is 1. The zero-order chi connectivity index (χ0) is 11.0. The molecular weight excluding hydrogens is 210 g/mol. The van der Waals surface area contributed by atoms with Gasteiger partial charge in [0.15, 0.2) is 0 Å². The highest BCUT2D eigenvalue weighted by Crippen LogP contribution is 2.19. The molecule has 1 heterocycles. The molecule has 1 amide bonds. The zero-order valence-electron chi connectivity index (χ0n) is 8.48. The molecule has 4 nitrogen and oxygen atoms in total. The molecule has 0 spiro atoms. The van der Waals surface area contributed by atoms with Crippen molar-refractivity contribution < 1.29 is 4.79 Å². The number of hydrogen-bond donors (Lipinski definition) is 2. The summed E-state index contributed by atoms with van der Waals surface area (Å²) < 4.78 is 2.00. The minimum atomic E-state index is -0.373. The van der Waals surface area contributed by atoms with Crippen LogP contribution in [0.5, 0.6) is 0 Å². The third-order valence-electron chi connectivity index (χ3n) is 2.36. The third-order valence-corrected chi connectivity index (χ3v) is 2.47. The summed E-state index contributed by atoms with van der Waals surface area (Å²) in [4.78, 5) is 15.1. The van der Waals surface area contributed by atoms with Gasteiger partial charge in [0.05, 0.1) is 11.0 Å². The van der Waals surface area contributed by atoms with Crippen molar-refractivity contribution in [2.45, 2.75) is 6.92 Å². The monoisotopic (exact) mass is 221 g/mol. The molecule has 0 fully saturated rings. The summed E-state index contributed by atoms with van der Waals surface area (Å²) in [5.74, 6) is 0.944. The molecule has 0 bridgehead atoms. The number of imidazole rings is 1. The van der Waals surface area contributed by atoms with Crippen LogP contribution >= 0.6 is 12.6 Å². The number of benzene rings is 1. The molecule has 0 radical (unpaired) electrons. The standard InChI is InChI=1S/C10H11N3OS/c1-6-11-8-5-7(12-10(14)15)3-4-9(8)13(6)2/h3-5H,1-2H3,(H2,12,14,15). The van der Waals surface area contributed by atoms with Crippen LogP contribution in [0, 0.1) is 6.92 Å². The molecule has 0 aliphatic rings. The SMILES string of the molecule is Cc1nc2cc(NC(=O)S)ccc2n1C. The largest absolute Gasteiger partial charge is 0.331 e. The first-order chi connectivity index (χ1) is 7.08. The van der Waals surface area contributed by atoms with Crippen molar-refractivity contribution in [2.75, 3.05) is 5.32 Å². The summed E-state index contributed by atoms with van der Waals surface area (Å²) in [6.07, 6.45) is 0. The lowest BCUT2D eigenvalue weighted by atomic mass is 10.3. The van der Waals surface area contributed by atoms with Gasteiger partial charge in [-0.05, 0) is 25.1 Å². The third kappa shape index (κ3) is 1.83. The number of aryl methyl sites for hydroxylation is 2. The Morgan fingerprint density at radius 3 is 2.93 bits per heavy atom. The van der Waals surface area contributed by atoms with Gasteiger partial charge in [0.1, 0.15) is 5.82 Å². The second-order valence-corrected chi connectivity index (χ2v) is 3.76. The van der Waals surface area contributed by atoms with Gasteiger partial charge in [0.25, 0.3) is 5.24 Å². The van der Waals surface area contributed by atoms with Crippen molar-refractivity contribution in [1.29, 1.82) is 0 Å². The van der Waals surface area contributed by atoms with Crippen molar-refractivity contribution in [3.8, 4) is 0 Å². The predicted octanol–water partition coefficient (Wildman–Crippen LogP) is 2.34. The second kappa shape index (κ2) is 3.58. The van der Waals surface area contributed by atoms with Gasteiger partial charge in [-0.25, -0.2) is 4.98 Å². The minimum Gasteiger partial charge on any atom is -0.331 e. The molecule has 2 aromatic rings. The fraction of sp³-hybridized carbons (Fsp3) is 0.200. The Balaban J connectivity index is 2.52. The Bertz CT molecular complexity index is 533. The summed E-state index contributed by atoms with van der Waals surface area (Å²) in [5.41, 5.74) is 2.62. The predicted molar refractivity (Wildman–Crippen MR) is 63.5 cm³/mol. The first kappa shape index (κ1) is 10.0. The van der Waals surface area contributed by atoms with E-state index in [1.165, 1.54) is 0 Å². The molecule has 0 saturated heterocycles. The van der Waals surface area contributed by atoms with Gasteiger partial charge in [-0.1, -0.05) is 12.6 Å². The number of fused-ring (bicyclic) bond motifs is 1. The molecule has 2 rings (SSSR count). The molecule has 0 aliphatic carbocycles. The van der Waals surface area contributed by atoms with Crippen LogP contribution in [-0.2, 0) is 7.05 Å². The lowest BCUT2D eigenvalue weighted by Crippen LogP contribution is -2.00. The molecule has 0 unspecified atom stereocenters. The van der Waals surface area contributed by atoms with Gasteiger partial charge in [0.2, 0.25) is 0 Å². The van der Waals surface area contributed by atoms with Gasteiger partial charge < -0.3 is 9.88 Å². The number of amides is 1. The summed E-state index contributed by atoms with van der Waals surface area (Å²) in [6.45, 7) is 1.94. The van der Waals surface area contributed by atoms with E-state index in [0.29, 0.717) is 5.69 Å². The van der Waals surface area contributed by atoms with Gasteiger partial charge in [0, 0.05) is 12.7 Å². The van der Waals surface area contributed by atoms with E-state index in [0.717, 1.165) is 16.9 Å². The zero-order valence-corrected chi connectivity index (χ0v) is 9.38. The number of aromatic nitrogens is 2. The van der Waals surface area contributed by atoms with Crippen molar-refractivity contribution in [3.63, 3.8) is 0 Å². The Hall–Kier alpha value is -1.49. The van der Waals surface area contributed by atoms with Crippen LogP contribution in [0.25, 0.3) is 11.0 Å². The molecule has 0 saturated carbocycles. The van der Waals surface area contributed by atoms with E-state index >= 15 is 0 Å². The van der Waals surface area contributed by atoms with Crippen LogP contribution in [0.3, 0.4) is 0 Å². The molecular formula is C10H11N3OS. The average Bonchev–Trinajstić information content (AvgIpc) is 2.41. The average molecular weight is 221 g/mol. The molecule has 1 N–H and O–H groups in total. The number of anilines is 1. The topological polar surface area (TPSA) is 46.9 Å². The van der Waals surface area contributed by atoms with Crippen LogP contribution in [-0.4, -0.2) is 14.8 Å². The number of rotatable bonds is 1. The van der Waals surface area contributed by atoms with Crippen molar-refractivity contribution in [2.24, 2.45) is 7.05 Å². The van der Waals surface area contributed by atoms with Crippen molar-refractivity contribution in [1.82, 2.24) is 9.55 Å². The molecule has 1 aromatic heterocycles. The van der Waals surface area contributed by atoms with Gasteiger partial charge in [-0.15, -0.1) is 0 Å². The fourth-order valence-corrected chi connectivity index (χ4v) is 1.65. The highest BCUT2D eigenvalue weighted by Gasteiger charge is 2.05. The molecule has 0 atom stereocenters. The van der Waals surface area contributed by atoms with E-state index in [-0.39, 0.29) is 5.24 Å². The number of thiol groups is 1. The first-order valence-corrected chi connectivity index (χ1v) is 4.95. The van der Waals surface area contributed by atoms with Crippen molar-refractivity contribution >= 4 is 34.6 Å². The van der Waals surface area contributed by atoms with E-state index in [1.54, 1.807) is 0 Å². The van der Waals surface area contributed by atoms with Gasteiger partial charge in [-0.3, -0.25) is 4.79 Å². The Kier molecular flexibility index (Phi) is 2.40. The quantitative estimate of drug-likeness (QED) is 0.726. The minimum absolute atomic E-state index is 0.373. The Labute approximate surface area is 92.7 Å². The maximum absolute atomic E-state index is 10.7. The maximum Gasteiger partial charge on any atom is 0.280 e. The molecule has 5 heteroatoms. The highest BCUT2D eigenvalue weighted by atomic mass is 32.1. The summed E-state index contributed by atoms with van der Waals surface area (Å²) >= 11 is 3.65. The normalized spacial score (nSPS) is 10.6. The van der Waals surface area contributed by atoms with Crippen LogP contribution in [0.15, 0.2) is 18.2 Å². The summed E-state index contributed by atoms with van der Waals surface area (Å²) in [7, 11) is 1.96. The molecule has 78 valence electrons. The van der Waals surface area contributed by atoms with Gasteiger partial charge in [-0.2, -0.15) is 0 Å². The number of nitrogens with zero attached hydrogens (tertiary/aromatic N) is 2. The molecule has 1 aromatic carbocycles. The number of carbonyl (C=O) groups is 1. The number of carbonyl (C=O) groups excluding carboxylic acids is 1. The summed E-state index contributed by atoms with van der Waals surface area (Å²) in [5, 5.41) is 2.23. The van der Waals surface area contributed by atoms with E-state index in [4.69, 9.17) is 0 Å². The van der Waals surface area contributed by atoms with E-state index in [1.807, 2.05) is 36.7 Å². The Morgan fingerprint density at radius 2 is 2.27 bits per heavy atom. The smallest absolute Gasteiger partial charge is 0.280 e. The fourth-order valence-electron chi connectivity index (χ4n) is 1.52. The van der Waals surface area contributed by atoms with Crippen LogP contribution in [0.4, 0.5) is 10.5 Å². The van der Waals surface area contributed by atoms with E-state index in [9.17, 15) is 4.79 Å². The van der Waals surface area contributed by atoms with Crippen LogP contribution < -0.4 is 5.32 Å². The number of hydrogen-bond acceptors (Lipinski definition) is 2. The highest BCUT2D eigenvalue weighted by molar-refractivity contribution is 7.96. The first-order valence-electron chi connectivity index (χ1n) is 4.51. The maximum atomic E-state index is 10.7. The molecule has 15 heavy (non-hydrogen) atoms. The lowest BCUT2D eigenvalue weighted by molar-refractivity contribution is 0.270. The molecule has 0 aliphatic heterocycles. The van der Waals surface area contributed by atoms with Gasteiger partial charge >= 0.3 is 0 Å². The summed E-state index contributed by atoms with van der Waals surface area (Å²) in [6, 6.07) is 5.59. The second-order valence-electron chi connectivity index (χ2n) is 3.35. The van der Waals surface area contributed by atoms with Crippen LogP contribution in [0.1, 0.15) is 5.82 Å².